The van der Waals surface area contributed by atoms with Crippen LogP contribution < -0.4 is 10.6 Å². The van der Waals surface area contributed by atoms with E-state index in [-0.39, 0.29) is 121 Å². The van der Waals surface area contributed by atoms with Crippen molar-refractivity contribution in [3.8, 4) is 6.07 Å². The van der Waals surface area contributed by atoms with Crippen LogP contribution in [0.4, 0.5) is 5.69 Å². The molecule has 23 nitrogen and oxygen atoms in total. The Kier molecular flexibility index (Phi) is 15.5. The van der Waals surface area contributed by atoms with Gasteiger partial charge >= 0.3 is 23.9 Å². The molecule has 0 radical (unpaired) electrons. The molecule has 1 aromatic heterocycles. The van der Waals surface area contributed by atoms with Crippen LogP contribution in [0.2, 0.25) is 0 Å². The van der Waals surface area contributed by atoms with Crippen LogP contribution in [0.1, 0.15) is 55.3 Å². The van der Waals surface area contributed by atoms with E-state index in [1.807, 2.05) is 0 Å². The molecule has 4 heterocycles. The van der Waals surface area contributed by atoms with Gasteiger partial charge in [-0.25, -0.2) is 0 Å². The van der Waals surface area contributed by atoms with E-state index in [0.717, 1.165) is 13.0 Å². The van der Waals surface area contributed by atoms with Crippen molar-refractivity contribution in [2.24, 2.45) is 16.7 Å². The van der Waals surface area contributed by atoms with Crippen LogP contribution in [0.15, 0.2) is 30.5 Å². The zero-order valence-corrected chi connectivity index (χ0v) is 39.7. The number of likely N-dealkylation sites (tertiary alicyclic amines) is 1. The molecule has 71 heavy (non-hydrogen) atoms. The molecule has 2 aromatic rings. The summed E-state index contributed by atoms with van der Waals surface area (Å²) in [7, 11) is 0. The summed E-state index contributed by atoms with van der Waals surface area (Å²) in [6, 6.07) is 7.52. The van der Waals surface area contributed by atoms with Gasteiger partial charge in [-0.1, -0.05) is 12.1 Å². The molecule has 23 heteroatoms. The summed E-state index contributed by atoms with van der Waals surface area (Å²) in [5.41, 5.74) is 0.724. The highest BCUT2D eigenvalue weighted by atomic mass is 16.4. The number of amides is 4. The first kappa shape index (κ1) is 51.0. The predicted octanol–water partition coefficient (Wildman–Crippen LogP) is -0.561. The number of hydrogen-bond acceptors (Lipinski definition) is 15. The monoisotopic (exact) mass is 985 g/mol. The highest BCUT2D eigenvalue weighted by Crippen LogP contribution is 2.73. The van der Waals surface area contributed by atoms with Gasteiger partial charge in [0.1, 0.15) is 12.1 Å². The lowest BCUT2D eigenvalue weighted by Crippen LogP contribution is -2.70. The Morgan fingerprint density at radius 2 is 1.31 bits per heavy atom. The summed E-state index contributed by atoms with van der Waals surface area (Å²) in [5, 5.41) is 54.8. The van der Waals surface area contributed by atoms with Gasteiger partial charge in [0.05, 0.1) is 54.4 Å². The number of piperidine rings is 1. The van der Waals surface area contributed by atoms with E-state index in [1.165, 1.54) is 6.20 Å². The maximum absolute atomic E-state index is 13.8. The standard InChI is InChI=1S/C48H63N11O12/c49-22-32-20-31-21-37(31)59(32)39(61)23-51-44(68)34-6-7-50-43-33(34)2-1-3-35(43)52-46(71)48-27-47(28-48,29-48)30-56-14-18-58(19-15-56)38(60)5-4-36(45(69)70)57-16-12-54(25-41(64)65)10-8-53(24-40(62)63)9-11-55(13-17-57)26-42(66)67/h1-3,6-7,31-32,36-37H,4-5,8-21,23-30H2,(H,51,68)(H,52,71)(H,62,63)(H,64,65)(H,66,67)(H,69,70)/t31-,32+,36?,37+,47?,48?/m1/s1. The number of nitriles is 1. The number of nitrogens with zero attached hydrogens (tertiary/aromatic N) is 9. The first-order valence-electron chi connectivity index (χ1n) is 24.4. The molecule has 4 aliphatic carbocycles. The smallest absolute Gasteiger partial charge is 0.320 e. The minimum absolute atomic E-state index is 0.00966. The van der Waals surface area contributed by atoms with Crippen LogP contribution in [-0.2, 0) is 33.6 Å². The average Bonchev–Trinajstić information content (AvgIpc) is 3.96. The Balaban J connectivity index is 0.798. The second-order valence-corrected chi connectivity index (χ2v) is 20.3. The van der Waals surface area contributed by atoms with Crippen LogP contribution in [0.3, 0.4) is 0 Å². The van der Waals surface area contributed by atoms with Gasteiger partial charge in [0.15, 0.2) is 0 Å². The molecular weight excluding hydrogens is 923 g/mol. The van der Waals surface area contributed by atoms with Crippen molar-refractivity contribution < 1.29 is 58.8 Å². The van der Waals surface area contributed by atoms with E-state index in [0.29, 0.717) is 79.9 Å². The quantitative estimate of drug-likeness (QED) is 0.109. The minimum Gasteiger partial charge on any atom is -0.480 e. The molecule has 6 N–H and O–H groups in total. The van der Waals surface area contributed by atoms with Gasteiger partial charge in [0.25, 0.3) is 5.91 Å². The number of nitrogens with one attached hydrogen (secondary N) is 2. The lowest BCUT2D eigenvalue weighted by atomic mass is 9.34. The Morgan fingerprint density at radius 3 is 1.87 bits per heavy atom. The summed E-state index contributed by atoms with van der Waals surface area (Å²) in [6.07, 6.45) is 5.16. The zero-order valence-electron chi connectivity index (χ0n) is 39.7. The summed E-state index contributed by atoms with van der Waals surface area (Å²) in [5.74, 6) is -5.06. The molecule has 1 aromatic carbocycles. The van der Waals surface area contributed by atoms with Gasteiger partial charge in [-0.2, -0.15) is 5.26 Å². The molecule has 3 aliphatic heterocycles. The summed E-state index contributed by atoms with van der Waals surface area (Å²) in [4.78, 5) is 118. The van der Waals surface area contributed by atoms with Crippen molar-refractivity contribution in [1.82, 2.24) is 44.6 Å². The van der Waals surface area contributed by atoms with E-state index in [4.69, 9.17) is 0 Å². The fourth-order valence-corrected chi connectivity index (χ4v) is 11.8. The summed E-state index contributed by atoms with van der Waals surface area (Å²) >= 11 is 0. The Bertz CT molecular complexity index is 2410. The molecule has 1 unspecified atom stereocenters. The number of aliphatic carboxylic acids is 4. The van der Waals surface area contributed by atoms with Gasteiger partial charge in [0, 0.05) is 109 Å². The molecular formula is C48H63N11O12. The van der Waals surface area contributed by atoms with Gasteiger partial charge in [0.2, 0.25) is 17.7 Å². The second kappa shape index (κ2) is 21.6. The molecule has 7 aliphatic rings. The molecule has 4 amide bonds. The highest BCUT2D eigenvalue weighted by molar-refractivity contribution is 6.11. The van der Waals surface area contributed by atoms with E-state index in [2.05, 4.69) is 26.6 Å². The number of carboxylic acids is 4. The Morgan fingerprint density at radius 1 is 0.732 bits per heavy atom. The first-order chi connectivity index (χ1) is 33.9. The highest BCUT2D eigenvalue weighted by Gasteiger charge is 2.71. The normalized spacial score (nSPS) is 26.8. The number of pyridine rings is 1. The zero-order chi connectivity index (χ0) is 50.6. The SMILES string of the molecule is N#C[C@@H]1C[C@@H]2C[C@@H]2N1C(=O)CNC(=O)c1ccnc2c(NC(=O)C34CC(CN5CCN(C(=O)CCC(C(=O)O)N6CCN(CC(=O)O)CCN(CC(=O)O)CCN(CC(=O)O)CC6)CC5)(C3)C4)cccc12. The number of benzene rings is 1. The van der Waals surface area contributed by atoms with E-state index < -0.39 is 47.3 Å². The van der Waals surface area contributed by atoms with Crippen molar-refractivity contribution in [3.05, 3.63) is 36.0 Å². The van der Waals surface area contributed by atoms with Crippen molar-refractivity contribution in [2.45, 2.75) is 63.1 Å². The number of aromatic nitrogens is 1. The number of carbonyl (C=O) groups is 8. The van der Waals surface area contributed by atoms with Crippen LogP contribution in [0.25, 0.3) is 10.9 Å². The van der Waals surface area contributed by atoms with Gasteiger partial charge in [-0.05, 0) is 62.0 Å². The topological polar surface area (TPSA) is 301 Å². The molecule has 3 saturated heterocycles. The third kappa shape index (κ3) is 11.9. The molecule has 0 spiro atoms. The lowest BCUT2D eigenvalue weighted by Gasteiger charge is -2.70. The van der Waals surface area contributed by atoms with Crippen molar-refractivity contribution in [3.63, 3.8) is 0 Å². The lowest BCUT2D eigenvalue weighted by molar-refractivity contribution is -0.210. The fourth-order valence-electron chi connectivity index (χ4n) is 11.8. The predicted molar refractivity (Wildman–Crippen MR) is 252 cm³/mol. The van der Waals surface area contributed by atoms with E-state index >= 15 is 0 Å². The van der Waals surface area contributed by atoms with Crippen LogP contribution in [-0.4, -0.2) is 237 Å². The Hall–Kier alpha value is -6.32. The maximum atomic E-state index is 13.8. The van der Waals surface area contributed by atoms with Crippen LogP contribution >= 0.6 is 0 Å². The molecule has 9 rings (SSSR count). The number of carboxylic acid groups (broad SMARTS) is 4. The minimum atomic E-state index is -1.15. The summed E-state index contributed by atoms with van der Waals surface area (Å²) < 4.78 is 0. The fraction of sp³-hybridized carbons (Fsp3) is 0.625. The third-order valence-electron chi connectivity index (χ3n) is 15.4. The number of carbonyl (C=O) groups excluding carboxylic acids is 4. The molecule has 4 saturated carbocycles. The number of anilines is 1. The maximum Gasteiger partial charge on any atom is 0.320 e. The van der Waals surface area contributed by atoms with Crippen LogP contribution in [0.5, 0.6) is 0 Å². The first-order valence-corrected chi connectivity index (χ1v) is 24.4. The molecule has 382 valence electrons. The van der Waals surface area contributed by atoms with E-state index in [9.17, 15) is 64.0 Å². The number of hydrogen-bond donors (Lipinski definition) is 6. The van der Waals surface area contributed by atoms with Crippen molar-refractivity contribution >= 4 is 64.1 Å². The average molecular weight is 986 g/mol. The Labute approximate surface area is 410 Å². The number of fused-ring (bicyclic) bond motifs is 2. The summed E-state index contributed by atoms with van der Waals surface area (Å²) in [6.45, 7) is 3.10. The van der Waals surface area contributed by atoms with Crippen molar-refractivity contribution in [1.29, 1.82) is 5.26 Å². The number of piperazine rings is 1. The van der Waals surface area contributed by atoms with E-state index in [1.54, 1.807) is 53.7 Å². The number of para-hydroxylation sites is 1. The van der Waals surface area contributed by atoms with Gasteiger partial charge < -0.3 is 40.9 Å². The van der Waals surface area contributed by atoms with Gasteiger partial charge in [-0.3, -0.25) is 67.8 Å². The second-order valence-electron chi connectivity index (χ2n) is 20.3. The largest absolute Gasteiger partial charge is 0.480 e. The molecule has 2 bridgehead atoms. The molecule has 7 fully saturated rings. The van der Waals surface area contributed by atoms with Crippen LogP contribution in [0, 0.1) is 28.1 Å². The molecule has 4 atom stereocenters. The number of rotatable bonds is 18. The third-order valence-corrected chi connectivity index (χ3v) is 15.4. The van der Waals surface area contributed by atoms with Gasteiger partial charge in [-0.15, -0.1) is 0 Å². The van der Waals surface area contributed by atoms with Crippen molar-refractivity contribution in [2.75, 3.05) is 117 Å².